The van der Waals surface area contributed by atoms with Crippen LogP contribution in [0.4, 0.5) is 0 Å². The summed E-state index contributed by atoms with van der Waals surface area (Å²) < 4.78 is 13.8. The van der Waals surface area contributed by atoms with Gasteiger partial charge in [0, 0.05) is 42.8 Å². The van der Waals surface area contributed by atoms with Crippen molar-refractivity contribution in [3.8, 4) is 11.4 Å². The highest BCUT2D eigenvalue weighted by molar-refractivity contribution is 5.40. The van der Waals surface area contributed by atoms with Gasteiger partial charge in [0.25, 0.3) is 0 Å². The van der Waals surface area contributed by atoms with Gasteiger partial charge >= 0.3 is 0 Å². The number of aromatic nitrogens is 1. The molecule has 0 spiro atoms. The molecular formula is C23H26N2O2. The van der Waals surface area contributed by atoms with Crippen molar-refractivity contribution in [2.75, 3.05) is 19.8 Å². The third-order valence-electron chi connectivity index (χ3n) is 4.88. The predicted molar refractivity (Wildman–Crippen MR) is 107 cm³/mol. The molecule has 0 N–H and O–H groups in total. The third-order valence-corrected chi connectivity index (χ3v) is 4.88. The van der Waals surface area contributed by atoms with Gasteiger partial charge in [-0.15, -0.1) is 0 Å². The van der Waals surface area contributed by atoms with Crippen LogP contribution in [0.25, 0.3) is 5.69 Å². The number of hydrogen-bond donors (Lipinski definition) is 0. The van der Waals surface area contributed by atoms with Crippen molar-refractivity contribution in [2.45, 2.75) is 26.6 Å². The van der Waals surface area contributed by atoms with Gasteiger partial charge in [0.05, 0.1) is 13.2 Å². The van der Waals surface area contributed by atoms with Crippen molar-refractivity contribution in [1.29, 1.82) is 0 Å². The average Bonchev–Trinajstić information content (AvgIpc) is 3.31. The maximum Gasteiger partial charge on any atom is 0.138 e. The molecule has 0 amide bonds. The van der Waals surface area contributed by atoms with Gasteiger partial charge in [-0.1, -0.05) is 35.9 Å². The Bertz CT molecular complexity index is 903. The Morgan fingerprint density at radius 3 is 2.85 bits per heavy atom. The molecule has 1 aromatic heterocycles. The van der Waals surface area contributed by atoms with Gasteiger partial charge < -0.3 is 14.0 Å². The number of hydrogen-bond acceptors (Lipinski definition) is 3. The molecule has 1 aliphatic rings. The first-order valence-electron chi connectivity index (χ1n) is 9.55. The first-order valence-corrected chi connectivity index (χ1v) is 9.55. The summed E-state index contributed by atoms with van der Waals surface area (Å²) in [7, 11) is 0. The molecule has 0 radical (unpaired) electrons. The second-order valence-electron chi connectivity index (χ2n) is 6.97. The second-order valence-corrected chi connectivity index (χ2v) is 6.97. The Kier molecular flexibility index (Phi) is 5.28. The first kappa shape index (κ1) is 17.8. The largest absolute Gasteiger partial charge is 0.494 e. The summed E-state index contributed by atoms with van der Waals surface area (Å²) in [5.74, 6) is 0.892. The highest BCUT2D eigenvalue weighted by Crippen LogP contribution is 2.30. The van der Waals surface area contributed by atoms with E-state index in [1.807, 2.05) is 19.1 Å². The van der Waals surface area contributed by atoms with Crippen molar-refractivity contribution >= 4 is 0 Å². The lowest BCUT2D eigenvalue weighted by Gasteiger charge is -2.22. The zero-order chi connectivity index (χ0) is 18.6. The molecule has 2 aromatic carbocycles. The zero-order valence-corrected chi connectivity index (χ0v) is 16.0. The van der Waals surface area contributed by atoms with Crippen LogP contribution in [0.15, 0.2) is 67.0 Å². The van der Waals surface area contributed by atoms with E-state index in [0.717, 1.165) is 31.1 Å². The first-order chi connectivity index (χ1) is 13.2. The monoisotopic (exact) mass is 362 g/mol. The zero-order valence-electron chi connectivity index (χ0n) is 16.0. The fourth-order valence-electron chi connectivity index (χ4n) is 3.64. The second kappa shape index (κ2) is 7.99. The van der Waals surface area contributed by atoms with Crippen molar-refractivity contribution in [2.24, 2.45) is 0 Å². The van der Waals surface area contributed by atoms with Crippen LogP contribution < -0.4 is 4.74 Å². The Balaban J connectivity index is 1.52. The summed E-state index contributed by atoms with van der Waals surface area (Å²) in [4.78, 5) is 2.39. The Labute approximate surface area is 161 Å². The van der Waals surface area contributed by atoms with Gasteiger partial charge in [-0.05, 0) is 37.6 Å². The van der Waals surface area contributed by atoms with Crippen LogP contribution in [0.1, 0.15) is 29.8 Å². The number of ether oxygens (including phenoxy) is 2. The lowest BCUT2D eigenvalue weighted by atomic mass is 10.1. The molecule has 4 nitrogen and oxygen atoms in total. The molecule has 3 aromatic rings. The standard InChI is InChI=1S/C23H26N2O2/c1-3-26-22-9-5-8-21(15-22)24-11-10-20(17-24)23-25(12-13-27-23)16-19-7-4-6-18(2)14-19/h4-11,14-15,17,23H,3,12-13,16H2,1-2H3. The maximum atomic E-state index is 6.05. The van der Waals surface area contributed by atoms with Crippen molar-refractivity contribution in [1.82, 2.24) is 9.47 Å². The van der Waals surface area contributed by atoms with Crippen molar-refractivity contribution in [3.63, 3.8) is 0 Å². The van der Waals surface area contributed by atoms with Crippen LogP contribution in [-0.4, -0.2) is 29.2 Å². The molecule has 4 rings (SSSR count). The molecule has 2 heterocycles. The van der Waals surface area contributed by atoms with Crippen LogP contribution >= 0.6 is 0 Å². The van der Waals surface area contributed by atoms with Crippen LogP contribution in [0, 0.1) is 6.92 Å². The van der Waals surface area contributed by atoms with E-state index in [1.165, 1.54) is 16.7 Å². The van der Waals surface area contributed by atoms with Crippen molar-refractivity contribution < 1.29 is 9.47 Å². The Hall–Kier alpha value is -2.56. The summed E-state index contributed by atoms with van der Waals surface area (Å²) in [6.07, 6.45) is 4.25. The number of rotatable bonds is 6. The summed E-state index contributed by atoms with van der Waals surface area (Å²) in [5, 5.41) is 0. The molecular weight excluding hydrogens is 336 g/mol. The van der Waals surface area contributed by atoms with Gasteiger partial charge in [-0.2, -0.15) is 0 Å². The Morgan fingerprint density at radius 1 is 1.11 bits per heavy atom. The lowest BCUT2D eigenvalue weighted by Crippen LogP contribution is -2.23. The minimum absolute atomic E-state index is 0.00170. The fourth-order valence-corrected chi connectivity index (χ4v) is 3.64. The lowest BCUT2D eigenvalue weighted by molar-refractivity contribution is 0.0288. The topological polar surface area (TPSA) is 26.6 Å². The highest BCUT2D eigenvalue weighted by Gasteiger charge is 2.27. The summed E-state index contributed by atoms with van der Waals surface area (Å²) in [5.41, 5.74) is 4.90. The van der Waals surface area contributed by atoms with Gasteiger partial charge in [-0.3, -0.25) is 4.90 Å². The summed E-state index contributed by atoms with van der Waals surface area (Å²) in [6, 6.07) is 19.0. The maximum absolute atomic E-state index is 6.05. The van der Waals surface area contributed by atoms with E-state index in [4.69, 9.17) is 9.47 Å². The van der Waals surface area contributed by atoms with Gasteiger partial charge in [-0.25, -0.2) is 0 Å². The quantitative estimate of drug-likeness (QED) is 0.635. The number of nitrogens with zero attached hydrogens (tertiary/aromatic N) is 2. The van der Waals surface area contributed by atoms with Crippen LogP contribution in [0.5, 0.6) is 5.75 Å². The molecule has 140 valence electrons. The van der Waals surface area contributed by atoms with E-state index in [0.29, 0.717) is 6.61 Å². The van der Waals surface area contributed by atoms with Gasteiger partial charge in [0.2, 0.25) is 0 Å². The van der Waals surface area contributed by atoms with E-state index in [2.05, 4.69) is 71.2 Å². The van der Waals surface area contributed by atoms with Gasteiger partial charge in [0.15, 0.2) is 0 Å². The van der Waals surface area contributed by atoms with E-state index in [-0.39, 0.29) is 6.23 Å². The van der Waals surface area contributed by atoms with Gasteiger partial charge in [0.1, 0.15) is 12.0 Å². The Morgan fingerprint density at radius 2 is 2.00 bits per heavy atom. The molecule has 27 heavy (non-hydrogen) atoms. The highest BCUT2D eigenvalue weighted by atomic mass is 16.5. The normalized spacial score (nSPS) is 17.3. The number of aryl methyl sites for hydroxylation is 1. The minimum atomic E-state index is 0.00170. The molecule has 4 heteroatoms. The summed E-state index contributed by atoms with van der Waals surface area (Å²) >= 11 is 0. The molecule has 0 aliphatic carbocycles. The van der Waals surface area contributed by atoms with Crippen LogP contribution in [0.2, 0.25) is 0 Å². The molecule has 1 saturated heterocycles. The van der Waals surface area contributed by atoms with E-state index in [9.17, 15) is 0 Å². The third kappa shape index (κ3) is 4.07. The number of benzene rings is 2. The molecule has 0 saturated carbocycles. The molecule has 1 aliphatic heterocycles. The fraction of sp³-hybridized carbons (Fsp3) is 0.304. The molecule has 1 fully saturated rings. The predicted octanol–water partition coefficient (Wildman–Crippen LogP) is 4.72. The smallest absolute Gasteiger partial charge is 0.138 e. The minimum Gasteiger partial charge on any atom is -0.494 e. The summed E-state index contributed by atoms with van der Waals surface area (Å²) in [6.45, 7) is 7.42. The molecule has 0 bridgehead atoms. The van der Waals surface area contributed by atoms with E-state index >= 15 is 0 Å². The van der Waals surface area contributed by atoms with Crippen LogP contribution in [0.3, 0.4) is 0 Å². The van der Waals surface area contributed by atoms with E-state index < -0.39 is 0 Å². The average molecular weight is 362 g/mol. The van der Waals surface area contributed by atoms with Crippen LogP contribution in [-0.2, 0) is 11.3 Å². The molecule has 1 unspecified atom stereocenters. The SMILES string of the molecule is CCOc1cccc(-n2ccc(C3OCCN3Cc3cccc(C)c3)c2)c1. The van der Waals surface area contributed by atoms with Crippen molar-refractivity contribution in [3.05, 3.63) is 83.7 Å². The molecule has 1 atom stereocenters. The van der Waals surface area contributed by atoms with E-state index in [1.54, 1.807) is 0 Å².